The van der Waals surface area contributed by atoms with Crippen molar-refractivity contribution < 1.29 is 28.6 Å². The molecular weight excluding hydrogens is 997 g/mol. The molecule has 0 N–H and O–H groups in total. The van der Waals surface area contributed by atoms with Crippen LogP contribution in [0.15, 0.2) is 24.3 Å². The van der Waals surface area contributed by atoms with E-state index in [2.05, 4.69) is 45.1 Å². The molecule has 0 aromatic rings. The van der Waals surface area contributed by atoms with E-state index in [0.29, 0.717) is 19.3 Å². The molecule has 478 valence electrons. The predicted octanol–water partition coefficient (Wildman–Crippen LogP) is 25.3. The highest BCUT2D eigenvalue weighted by molar-refractivity contribution is 5.71. The number of carbonyl (C=O) groups excluding carboxylic acids is 3. The zero-order valence-corrected chi connectivity index (χ0v) is 55.1. The van der Waals surface area contributed by atoms with Crippen LogP contribution in [-0.4, -0.2) is 37.2 Å². The number of ether oxygens (including phenoxy) is 3. The molecule has 0 heterocycles. The normalized spacial score (nSPS) is 12.1. The Kier molecular flexibility index (Phi) is 68.5. The minimum atomic E-state index is -0.772. The van der Waals surface area contributed by atoms with Gasteiger partial charge in [-0.05, 0) is 70.6 Å². The third-order valence-corrected chi connectivity index (χ3v) is 16.9. The predicted molar refractivity (Wildman–Crippen MR) is 353 cm³/mol. The maximum Gasteiger partial charge on any atom is 0.306 e. The smallest absolute Gasteiger partial charge is 0.306 e. The second-order valence-electron chi connectivity index (χ2n) is 25.2. The van der Waals surface area contributed by atoms with Gasteiger partial charge in [-0.2, -0.15) is 0 Å². The van der Waals surface area contributed by atoms with Crippen LogP contribution >= 0.6 is 0 Å². The summed E-state index contributed by atoms with van der Waals surface area (Å²) in [5.41, 5.74) is 0. The molecule has 0 spiro atoms. The third-order valence-electron chi connectivity index (χ3n) is 16.9. The molecule has 0 saturated heterocycles. The maximum atomic E-state index is 13.0. The molecule has 0 aliphatic heterocycles. The number of hydrogen-bond donors (Lipinski definition) is 0. The lowest BCUT2D eigenvalue weighted by Gasteiger charge is -2.18. The lowest BCUT2D eigenvalue weighted by Crippen LogP contribution is -2.30. The maximum absolute atomic E-state index is 13.0. The van der Waals surface area contributed by atoms with Gasteiger partial charge in [0, 0.05) is 19.3 Å². The van der Waals surface area contributed by atoms with Crippen LogP contribution in [0, 0.1) is 0 Å². The van der Waals surface area contributed by atoms with Crippen molar-refractivity contribution in [2.24, 2.45) is 0 Å². The Balaban J connectivity index is 4.21. The van der Waals surface area contributed by atoms with Crippen molar-refractivity contribution in [1.29, 1.82) is 0 Å². The highest BCUT2D eigenvalue weighted by Crippen LogP contribution is 2.19. The number of hydrogen-bond acceptors (Lipinski definition) is 6. The molecular formula is C75H142O6. The van der Waals surface area contributed by atoms with E-state index in [0.717, 1.165) is 64.2 Å². The zero-order chi connectivity index (χ0) is 58.5. The van der Waals surface area contributed by atoms with Gasteiger partial charge >= 0.3 is 17.9 Å². The monoisotopic (exact) mass is 1140 g/mol. The molecule has 0 aromatic heterocycles. The van der Waals surface area contributed by atoms with Gasteiger partial charge in [0.15, 0.2) is 6.10 Å². The summed E-state index contributed by atoms with van der Waals surface area (Å²) in [4.78, 5) is 38.5. The van der Waals surface area contributed by atoms with Crippen LogP contribution in [0.4, 0.5) is 0 Å². The molecule has 6 nitrogen and oxygen atoms in total. The van der Waals surface area contributed by atoms with E-state index in [1.54, 1.807) is 0 Å². The van der Waals surface area contributed by atoms with Gasteiger partial charge in [0.1, 0.15) is 13.2 Å². The summed E-state index contributed by atoms with van der Waals surface area (Å²) in [6.45, 7) is 6.71. The van der Waals surface area contributed by atoms with Crippen molar-refractivity contribution in [2.45, 2.75) is 425 Å². The highest BCUT2D eigenvalue weighted by atomic mass is 16.6. The summed E-state index contributed by atoms with van der Waals surface area (Å²) in [5, 5.41) is 0. The Bertz CT molecular complexity index is 1310. The summed E-state index contributed by atoms with van der Waals surface area (Å²) >= 11 is 0. The molecule has 0 radical (unpaired) electrons. The van der Waals surface area contributed by atoms with E-state index >= 15 is 0 Å². The molecule has 0 saturated carbocycles. The zero-order valence-electron chi connectivity index (χ0n) is 55.1. The molecule has 0 fully saturated rings. The summed E-state index contributed by atoms with van der Waals surface area (Å²) in [7, 11) is 0. The van der Waals surface area contributed by atoms with Gasteiger partial charge in [0.25, 0.3) is 0 Å². The van der Waals surface area contributed by atoms with Crippen molar-refractivity contribution in [3.05, 3.63) is 24.3 Å². The molecule has 0 aliphatic carbocycles. The Morgan fingerprint density at radius 2 is 0.407 bits per heavy atom. The van der Waals surface area contributed by atoms with Crippen LogP contribution in [0.2, 0.25) is 0 Å². The first-order chi connectivity index (χ1) is 40.0. The Hall–Kier alpha value is -2.11. The Morgan fingerprint density at radius 3 is 0.617 bits per heavy atom. The molecule has 81 heavy (non-hydrogen) atoms. The number of carbonyl (C=O) groups is 3. The molecule has 0 aliphatic rings. The van der Waals surface area contributed by atoms with E-state index < -0.39 is 6.10 Å². The van der Waals surface area contributed by atoms with Gasteiger partial charge in [0.2, 0.25) is 0 Å². The van der Waals surface area contributed by atoms with Crippen molar-refractivity contribution in [2.75, 3.05) is 13.2 Å². The van der Waals surface area contributed by atoms with Gasteiger partial charge < -0.3 is 14.2 Å². The van der Waals surface area contributed by atoms with Crippen LogP contribution in [0.1, 0.15) is 419 Å². The third kappa shape index (κ3) is 68.6. The molecule has 0 bridgehead atoms. The minimum absolute atomic E-state index is 0.0676. The van der Waals surface area contributed by atoms with Crippen LogP contribution in [0.25, 0.3) is 0 Å². The van der Waals surface area contributed by atoms with Crippen LogP contribution < -0.4 is 0 Å². The molecule has 0 amide bonds. The minimum Gasteiger partial charge on any atom is -0.462 e. The van der Waals surface area contributed by atoms with E-state index in [4.69, 9.17) is 14.2 Å². The average molecular weight is 1140 g/mol. The first-order valence-electron chi connectivity index (χ1n) is 36.8. The lowest BCUT2D eigenvalue weighted by atomic mass is 10.0. The number of rotatable bonds is 69. The number of esters is 3. The second-order valence-corrected chi connectivity index (χ2v) is 25.2. The van der Waals surface area contributed by atoms with Crippen molar-refractivity contribution in [1.82, 2.24) is 0 Å². The molecule has 1 unspecified atom stereocenters. The van der Waals surface area contributed by atoms with Crippen molar-refractivity contribution in [3.63, 3.8) is 0 Å². The summed E-state index contributed by atoms with van der Waals surface area (Å²) in [5.74, 6) is -0.842. The summed E-state index contributed by atoms with van der Waals surface area (Å²) in [6.07, 6.45) is 86.5. The van der Waals surface area contributed by atoms with Crippen LogP contribution in [-0.2, 0) is 28.6 Å². The fourth-order valence-corrected chi connectivity index (χ4v) is 11.4. The van der Waals surface area contributed by atoms with Crippen molar-refractivity contribution >= 4 is 17.9 Å². The Morgan fingerprint density at radius 1 is 0.235 bits per heavy atom. The van der Waals surface area contributed by atoms with Gasteiger partial charge in [-0.15, -0.1) is 0 Å². The van der Waals surface area contributed by atoms with Gasteiger partial charge in [-0.25, -0.2) is 0 Å². The van der Waals surface area contributed by atoms with E-state index in [9.17, 15) is 14.4 Å². The fourth-order valence-electron chi connectivity index (χ4n) is 11.4. The van der Waals surface area contributed by atoms with Crippen LogP contribution in [0.5, 0.6) is 0 Å². The van der Waals surface area contributed by atoms with E-state index in [1.165, 1.54) is 315 Å². The van der Waals surface area contributed by atoms with Crippen LogP contribution in [0.3, 0.4) is 0 Å². The SMILES string of the molecule is CCCCCCC/C=C\CCCCCCCC(=O)OCC(COC(=O)CCCCCCCCCCCCCCCCC/C=C\CCCCCCCCCC)OC(=O)CCCCCCCCCCCCCCCCCCCCCCCC. The van der Waals surface area contributed by atoms with E-state index in [1.807, 2.05) is 0 Å². The van der Waals surface area contributed by atoms with E-state index in [-0.39, 0.29) is 31.1 Å². The number of allylic oxidation sites excluding steroid dienone is 4. The highest BCUT2D eigenvalue weighted by Gasteiger charge is 2.19. The Labute approximate surface area is 506 Å². The molecule has 1 atom stereocenters. The first-order valence-corrected chi connectivity index (χ1v) is 36.8. The molecule has 6 heteroatoms. The van der Waals surface area contributed by atoms with Gasteiger partial charge in [0.05, 0.1) is 0 Å². The topological polar surface area (TPSA) is 78.9 Å². The van der Waals surface area contributed by atoms with Crippen molar-refractivity contribution in [3.8, 4) is 0 Å². The summed E-state index contributed by atoms with van der Waals surface area (Å²) in [6, 6.07) is 0. The average Bonchev–Trinajstić information content (AvgIpc) is 3.47. The largest absolute Gasteiger partial charge is 0.462 e. The number of unbranched alkanes of at least 4 members (excludes halogenated alkanes) is 54. The quantitative estimate of drug-likeness (QED) is 0.0261. The molecule has 0 aromatic carbocycles. The van der Waals surface area contributed by atoms with Gasteiger partial charge in [-0.3, -0.25) is 14.4 Å². The lowest BCUT2D eigenvalue weighted by molar-refractivity contribution is -0.167. The first kappa shape index (κ1) is 78.9. The second kappa shape index (κ2) is 70.4. The molecule has 0 rings (SSSR count). The summed E-state index contributed by atoms with van der Waals surface area (Å²) < 4.78 is 17.0. The van der Waals surface area contributed by atoms with Gasteiger partial charge in [-0.1, -0.05) is 353 Å². The standard InChI is InChI=1S/C75H142O6/c1-4-7-10-13-16-19-22-25-28-30-32-34-36-37-38-39-40-42-43-45-47-50-53-56-59-62-65-68-74(77)80-71-72(70-79-73(76)67-64-61-58-55-52-49-27-24-21-18-15-12-9-6-3)81-75(78)69-66-63-60-57-54-51-48-46-44-41-35-33-31-29-26-23-20-17-14-11-8-5-2/h24,27,30,32,72H,4-23,25-26,28-29,31,33-71H2,1-3H3/b27-24-,32-30-. The fraction of sp³-hybridized carbons (Fsp3) is 0.907.